The topological polar surface area (TPSA) is 48.5 Å². The van der Waals surface area contributed by atoms with Gasteiger partial charge in [0.05, 0.1) is 12.6 Å². The quantitative estimate of drug-likeness (QED) is 0.869. The lowest BCUT2D eigenvalue weighted by Crippen LogP contribution is -2.49. The van der Waals surface area contributed by atoms with Crippen LogP contribution in [-0.2, 0) is 17.6 Å². The van der Waals surface area contributed by atoms with Gasteiger partial charge in [0.15, 0.2) is 0 Å². The lowest BCUT2D eigenvalue weighted by Gasteiger charge is -2.35. The second-order valence-corrected chi connectivity index (χ2v) is 7.98. The summed E-state index contributed by atoms with van der Waals surface area (Å²) >= 11 is 0. The number of nitrogens with one attached hydrogen (secondary N) is 1. The van der Waals surface area contributed by atoms with Crippen LogP contribution in [0.3, 0.4) is 0 Å². The van der Waals surface area contributed by atoms with Crippen molar-refractivity contribution in [3.05, 3.63) is 59.3 Å². The molecule has 4 rings (SSSR count). The number of piperazine rings is 1. The van der Waals surface area contributed by atoms with Crippen molar-refractivity contribution in [3.8, 4) is 0 Å². The minimum Gasteiger partial charge on any atom is -0.354 e. The molecule has 0 spiro atoms. The van der Waals surface area contributed by atoms with Gasteiger partial charge in [-0.25, -0.2) is 4.98 Å². The largest absolute Gasteiger partial charge is 0.354 e. The lowest BCUT2D eigenvalue weighted by molar-refractivity contribution is -0.123. The highest BCUT2D eigenvalue weighted by Crippen LogP contribution is 2.24. The van der Waals surface area contributed by atoms with Gasteiger partial charge in [0.1, 0.15) is 5.82 Å². The molecule has 0 bridgehead atoms. The number of pyridine rings is 1. The second kappa shape index (κ2) is 8.74. The molecule has 1 saturated heterocycles. The van der Waals surface area contributed by atoms with E-state index in [-0.39, 0.29) is 11.9 Å². The Morgan fingerprint density at radius 2 is 1.86 bits per heavy atom. The second-order valence-electron chi connectivity index (χ2n) is 7.98. The Morgan fingerprint density at radius 3 is 2.61 bits per heavy atom. The molecule has 5 nitrogen and oxygen atoms in total. The van der Waals surface area contributed by atoms with Gasteiger partial charge in [0.25, 0.3) is 0 Å². The molecule has 0 unspecified atom stereocenters. The maximum atomic E-state index is 12.6. The molecule has 5 heteroatoms. The maximum absolute atomic E-state index is 12.6. The number of carbonyl (C=O) groups excluding carboxylic acids is 1. The van der Waals surface area contributed by atoms with Gasteiger partial charge in [-0.1, -0.05) is 24.3 Å². The fourth-order valence-electron chi connectivity index (χ4n) is 4.27. The van der Waals surface area contributed by atoms with E-state index < -0.39 is 0 Å². The number of aryl methyl sites for hydroxylation is 2. The molecule has 0 radical (unpaired) electrons. The molecule has 1 aliphatic carbocycles. The molecule has 1 aromatic carbocycles. The highest BCUT2D eigenvalue weighted by atomic mass is 16.2. The van der Waals surface area contributed by atoms with E-state index >= 15 is 0 Å². The zero-order chi connectivity index (χ0) is 19.3. The molecule has 2 aromatic rings. The molecule has 1 aromatic heterocycles. The monoisotopic (exact) mass is 378 g/mol. The third-order valence-electron chi connectivity index (χ3n) is 5.96. The highest BCUT2D eigenvalue weighted by Gasteiger charge is 2.21. The fourth-order valence-corrected chi connectivity index (χ4v) is 4.27. The van der Waals surface area contributed by atoms with Crippen molar-refractivity contribution in [2.24, 2.45) is 0 Å². The summed E-state index contributed by atoms with van der Waals surface area (Å²) in [6.45, 7) is 6.14. The Hall–Kier alpha value is -2.40. The van der Waals surface area contributed by atoms with E-state index in [1.807, 2.05) is 24.4 Å². The summed E-state index contributed by atoms with van der Waals surface area (Å²) in [7, 11) is 0. The van der Waals surface area contributed by atoms with Gasteiger partial charge in [-0.3, -0.25) is 9.69 Å². The first-order valence-electron chi connectivity index (χ1n) is 10.5. The molecule has 1 fully saturated rings. The average molecular weight is 379 g/mol. The lowest BCUT2D eigenvalue weighted by atomic mass is 9.89. The number of aromatic nitrogens is 1. The maximum Gasteiger partial charge on any atom is 0.234 e. The van der Waals surface area contributed by atoms with Crippen molar-refractivity contribution in [2.45, 2.75) is 38.6 Å². The molecule has 1 amide bonds. The molecule has 2 aliphatic rings. The number of hydrogen-bond acceptors (Lipinski definition) is 4. The van der Waals surface area contributed by atoms with Crippen LogP contribution in [-0.4, -0.2) is 48.5 Å². The number of hydrogen-bond donors (Lipinski definition) is 1. The molecule has 2 heterocycles. The molecule has 1 aliphatic heterocycles. The van der Waals surface area contributed by atoms with E-state index in [1.54, 1.807) is 0 Å². The number of carbonyl (C=O) groups is 1. The van der Waals surface area contributed by atoms with Gasteiger partial charge in [0, 0.05) is 32.4 Å². The van der Waals surface area contributed by atoms with Crippen LogP contribution < -0.4 is 10.2 Å². The third kappa shape index (κ3) is 4.53. The molecule has 1 N–H and O–H groups in total. The van der Waals surface area contributed by atoms with Crippen LogP contribution in [0.1, 0.15) is 42.5 Å². The van der Waals surface area contributed by atoms with Gasteiger partial charge in [-0.2, -0.15) is 0 Å². The van der Waals surface area contributed by atoms with Crippen molar-refractivity contribution >= 4 is 11.7 Å². The van der Waals surface area contributed by atoms with Gasteiger partial charge in [0.2, 0.25) is 5.91 Å². The smallest absolute Gasteiger partial charge is 0.234 e. The number of nitrogens with zero attached hydrogens (tertiary/aromatic N) is 3. The van der Waals surface area contributed by atoms with E-state index in [1.165, 1.54) is 42.4 Å². The van der Waals surface area contributed by atoms with E-state index in [9.17, 15) is 4.79 Å². The van der Waals surface area contributed by atoms with E-state index in [2.05, 4.69) is 45.2 Å². The van der Waals surface area contributed by atoms with Gasteiger partial charge < -0.3 is 10.2 Å². The van der Waals surface area contributed by atoms with Crippen molar-refractivity contribution in [3.63, 3.8) is 0 Å². The van der Waals surface area contributed by atoms with Crippen molar-refractivity contribution in [2.75, 3.05) is 37.6 Å². The summed E-state index contributed by atoms with van der Waals surface area (Å²) in [6.07, 6.45) is 6.77. The Balaban J connectivity index is 1.27. The van der Waals surface area contributed by atoms with Gasteiger partial charge in [-0.05, 0) is 61.4 Å². The minimum atomic E-state index is 0.0505. The Morgan fingerprint density at radius 1 is 1.07 bits per heavy atom. The molecule has 148 valence electrons. The Labute approximate surface area is 167 Å². The molecule has 0 saturated carbocycles. The first-order chi connectivity index (χ1) is 13.7. The van der Waals surface area contributed by atoms with E-state index in [0.717, 1.165) is 32.0 Å². The number of amides is 1. The van der Waals surface area contributed by atoms with Crippen LogP contribution in [0.4, 0.5) is 5.82 Å². The predicted molar refractivity (Wildman–Crippen MR) is 113 cm³/mol. The fraction of sp³-hybridized carbons (Fsp3) is 0.478. The normalized spacial score (nSPS) is 18.4. The van der Waals surface area contributed by atoms with Gasteiger partial charge >= 0.3 is 0 Å². The van der Waals surface area contributed by atoms with E-state index in [0.29, 0.717) is 6.54 Å². The SMILES string of the molecule is C[C@H](NC(=O)CN1CCN(c2ccccn2)CC1)c1ccc2c(c1)CCCC2. The number of rotatable bonds is 5. The summed E-state index contributed by atoms with van der Waals surface area (Å²) in [5.74, 6) is 1.13. The van der Waals surface area contributed by atoms with Crippen LogP contribution in [0.15, 0.2) is 42.6 Å². The standard InChI is InChI=1S/C23H30N4O/c1-18(20-10-9-19-6-2-3-7-21(19)16-20)25-23(28)17-26-12-14-27(15-13-26)22-8-4-5-11-24-22/h4-5,8-11,16,18H,2-3,6-7,12-15,17H2,1H3,(H,25,28)/t18-/m0/s1. The zero-order valence-electron chi connectivity index (χ0n) is 16.7. The molecule has 1 atom stereocenters. The van der Waals surface area contributed by atoms with E-state index in [4.69, 9.17) is 0 Å². The van der Waals surface area contributed by atoms with Gasteiger partial charge in [-0.15, -0.1) is 0 Å². The van der Waals surface area contributed by atoms with Crippen LogP contribution in [0, 0.1) is 0 Å². The van der Waals surface area contributed by atoms with Crippen LogP contribution in [0.5, 0.6) is 0 Å². The first kappa shape index (κ1) is 18.9. The summed E-state index contributed by atoms with van der Waals surface area (Å²) < 4.78 is 0. The van der Waals surface area contributed by atoms with Crippen LogP contribution in [0.25, 0.3) is 0 Å². The van der Waals surface area contributed by atoms with Crippen molar-refractivity contribution in [1.82, 2.24) is 15.2 Å². The summed E-state index contributed by atoms with van der Waals surface area (Å²) in [6, 6.07) is 12.8. The Kier molecular flexibility index (Phi) is 5.91. The minimum absolute atomic E-state index is 0.0505. The van der Waals surface area contributed by atoms with Crippen LogP contribution in [0.2, 0.25) is 0 Å². The summed E-state index contributed by atoms with van der Waals surface area (Å²) in [5, 5.41) is 3.19. The van der Waals surface area contributed by atoms with Crippen molar-refractivity contribution in [1.29, 1.82) is 0 Å². The summed E-state index contributed by atoms with van der Waals surface area (Å²) in [5.41, 5.74) is 4.17. The molecular weight excluding hydrogens is 348 g/mol. The summed E-state index contributed by atoms with van der Waals surface area (Å²) in [4.78, 5) is 21.5. The first-order valence-corrected chi connectivity index (χ1v) is 10.5. The molecular formula is C23H30N4O. The predicted octanol–water partition coefficient (Wildman–Crippen LogP) is 2.96. The average Bonchev–Trinajstić information content (AvgIpc) is 2.74. The number of fused-ring (bicyclic) bond motifs is 1. The Bertz CT molecular complexity index is 800. The third-order valence-corrected chi connectivity index (χ3v) is 5.96. The highest BCUT2D eigenvalue weighted by molar-refractivity contribution is 5.78. The number of anilines is 1. The molecule has 28 heavy (non-hydrogen) atoms. The van der Waals surface area contributed by atoms with Crippen LogP contribution >= 0.6 is 0 Å². The zero-order valence-corrected chi connectivity index (χ0v) is 16.7. The van der Waals surface area contributed by atoms with Crippen molar-refractivity contribution < 1.29 is 4.79 Å². The number of benzene rings is 1.